The molecule has 1 N–H and O–H groups in total. The van der Waals surface area contributed by atoms with Gasteiger partial charge in [0.1, 0.15) is 12.4 Å². The van der Waals surface area contributed by atoms with E-state index in [1.165, 1.54) is 6.08 Å². The minimum atomic E-state index is -0.160. The molecule has 24 heavy (non-hydrogen) atoms. The van der Waals surface area contributed by atoms with Crippen molar-refractivity contribution in [1.82, 2.24) is 0 Å². The van der Waals surface area contributed by atoms with Crippen molar-refractivity contribution in [2.24, 2.45) is 0 Å². The number of hydrogen-bond acceptors (Lipinski definition) is 3. The molecule has 0 saturated carbocycles. The number of amides is 1. The number of benzene rings is 2. The molecule has 0 aliphatic carbocycles. The molecule has 1 heterocycles. The van der Waals surface area contributed by atoms with Gasteiger partial charge in [0.2, 0.25) is 5.91 Å². The summed E-state index contributed by atoms with van der Waals surface area (Å²) < 4.78 is 11.2. The number of carbonyl (C=O) groups is 1. The summed E-state index contributed by atoms with van der Waals surface area (Å²) in [6.07, 6.45) is 5.68. The second-order valence-corrected chi connectivity index (χ2v) is 5.70. The van der Waals surface area contributed by atoms with Gasteiger partial charge in [0.25, 0.3) is 0 Å². The summed E-state index contributed by atoms with van der Waals surface area (Å²) in [4.78, 5) is 11.9. The van der Waals surface area contributed by atoms with E-state index in [0.717, 1.165) is 36.4 Å². The van der Waals surface area contributed by atoms with Crippen LogP contribution >= 0.6 is 0 Å². The molecule has 3 rings (SSSR count). The van der Waals surface area contributed by atoms with Gasteiger partial charge in [-0.3, -0.25) is 4.79 Å². The third-order valence-corrected chi connectivity index (χ3v) is 3.81. The van der Waals surface area contributed by atoms with Crippen molar-refractivity contribution in [3.8, 4) is 5.75 Å². The van der Waals surface area contributed by atoms with Crippen LogP contribution in [0.4, 0.5) is 5.69 Å². The second-order valence-electron chi connectivity index (χ2n) is 5.70. The minimum absolute atomic E-state index is 0.160. The quantitative estimate of drug-likeness (QED) is 0.820. The van der Waals surface area contributed by atoms with E-state index in [1.807, 2.05) is 54.6 Å². The summed E-state index contributed by atoms with van der Waals surface area (Å²) in [7, 11) is 0. The highest BCUT2D eigenvalue weighted by Crippen LogP contribution is 2.18. The summed E-state index contributed by atoms with van der Waals surface area (Å²) in [5.41, 5.74) is 1.73. The highest BCUT2D eigenvalue weighted by Gasteiger charge is 2.15. The van der Waals surface area contributed by atoms with Crippen molar-refractivity contribution >= 4 is 17.7 Å². The van der Waals surface area contributed by atoms with E-state index in [4.69, 9.17) is 9.47 Å². The molecule has 1 amide bonds. The third kappa shape index (κ3) is 4.96. The zero-order chi connectivity index (χ0) is 16.6. The number of anilines is 1. The molecule has 0 unspecified atom stereocenters. The lowest BCUT2D eigenvalue weighted by Gasteiger charge is -2.11. The van der Waals surface area contributed by atoms with Gasteiger partial charge in [0.15, 0.2) is 0 Å². The summed E-state index contributed by atoms with van der Waals surface area (Å²) in [6.45, 7) is 1.40. The van der Waals surface area contributed by atoms with Crippen LogP contribution in [0.25, 0.3) is 6.08 Å². The van der Waals surface area contributed by atoms with Crippen LogP contribution in [-0.2, 0) is 9.53 Å². The number of ether oxygens (including phenoxy) is 2. The molecule has 0 bridgehead atoms. The molecule has 2 aromatic rings. The molecular formula is C20H21NO3. The fourth-order valence-corrected chi connectivity index (χ4v) is 2.52. The lowest BCUT2D eigenvalue weighted by molar-refractivity contribution is -0.111. The van der Waals surface area contributed by atoms with E-state index in [2.05, 4.69) is 5.32 Å². The molecule has 1 saturated heterocycles. The van der Waals surface area contributed by atoms with Gasteiger partial charge in [-0.1, -0.05) is 30.3 Å². The van der Waals surface area contributed by atoms with E-state index in [0.29, 0.717) is 6.61 Å². The van der Waals surface area contributed by atoms with Crippen LogP contribution in [0, 0.1) is 0 Å². The molecule has 1 aliphatic heterocycles. The van der Waals surface area contributed by atoms with Crippen molar-refractivity contribution in [3.63, 3.8) is 0 Å². The molecule has 2 aromatic carbocycles. The molecule has 0 spiro atoms. The Bertz CT molecular complexity index is 674. The molecule has 1 aliphatic rings. The molecule has 1 atom stereocenters. The van der Waals surface area contributed by atoms with E-state index in [9.17, 15) is 4.79 Å². The van der Waals surface area contributed by atoms with Crippen LogP contribution in [0.3, 0.4) is 0 Å². The van der Waals surface area contributed by atoms with Crippen molar-refractivity contribution < 1.29 is 14.3 Å². The first-order valence-electron chi connectivity index (χ1n) is 8.18. The Hall–Kier alpha value is -2.59. The van der Waals surface area contributed by atoms with Gasteiger partial charge < -0.3 is 14.8 Å². The molecule has 0 aromatic heterocycles. The summed E-state index contributed by atoms with van der Waals surface area (Å²) >= 11 is 0. The first kappa shape index (κ1) is 16.3. The lowest BCUT2D eigenvalue weighted by Crippen LogP contribution is -2.16. The van der Waals surface area contributed by atoms with Crippen LogP contribution in [0.2, 0.25) is 0 Å². The molecule has 124 valence electrons. The first-order valence-corrected chi connectivity index (χ1v) is 8.18. The van der Waals surface area contributed by atoms with Gasteiger partial charge in [-0.05, 0) is 48.7 Å². The van der Waals surface area contributed by atoms with Crippen LogP contribution in [0.15, 0.2) is 60.7 Å². The Labute approximate surface area is 142 Å². The van der Waals surface area contributed by atoms with Crippen LogP contribution in [0.5, 0.6) is 5.75 Å². The van der Waals surface area contributed by atoms with Crippen molar-refractivity contribution in [1.29, 1.82) is 0 Å². The first-order chi connectivity index (χ1) is 11.8. The molecule has 4 nitrogen and oxygen atoms in total. The molecule has 4 heteroatoms. The smallest absolute Gasteiger partial charge is 0.248 e. The number of rotatable bonds is 6. The Morgan fingerprint density at radius 3 is 2.67 bits per heavy atom. The molecule has 1 fully saturated rings. The summed E-state index contributed by atoms with van der Waals surface area (Å²) in [6, 6.07) is 17.1. The third-order valence-electron chi connectivity index (χ3n) is 3.81. The highest BCUT2D eigenvalue weighted by molar-refractivity contribution is 6.01. The summed E-state index contributed by atoms with van der Waals surface area (Å²) in [5, 5.41) is 2.83. The zero-order valence-electron chi connectivity index (χ0n) is 13.5. The fraction of sp³-hybridized carbons (Fsp3) is 0.250. The highest BCUT2D eigenvalue weighted by atomic mass is 16.5. The van der Waals surface area contributed by atoms with E-state index >= 15 is 0 Å². The predicted molar refractivity (Wildman–Crippen MR) is 95.0 cm³/mol. The standard InChI is InChI=1S/C20H21NO3/c22-20(13-8-16-5-2-1-3-6-16)21-17-9-11-18(12-10-17)24-15-19-7-4-14-23-19/h1-3,5-6,8-13,19H,4,7,14-15H2,(H,21,22)/b13-8-/t19-/m0/s1. The van der Waals surface area contributed by atoms with E-state index < -0.39 is 0 Å². The van der Waals surface area contributed by atoms with Crippen LogP contribution in [-0.4, -0.2) is 25.2 Å². The van der Waals surface area contributed by atoms with Gasteiger partial charge in [0, 0.05) is 18.4 Å². The van der Waals surface area contributed by atoms with E-state index in [-0.39, 0.29) is 12.0 Å². The average molecular weight is 323 g/mol. The number of nitrogens with one attached hydrogen (secondary N) is 1. The SMILES string of the molecule is O=C(/C=C\c1ccccc1)Nc1ccc(OC[C@@H]2CCCO2)cc1. The Balaban J connectivity index is 1.48. The molecule has 0 radical (unpaired) electrons. The maximum atomic E-state index is 11.9. The van der Waals surface area contributed by atoms with Crippen molar-refractivity contribution in [2.45, 2.75) is 18.9 Å². The Morgan fingerprint density at radius 2 is 1.96 bits per heavy atom. The van der Waals surface area contributed by atoms with Gasteiger partial charge in [-0.25, -0.2) is 0 Å². The van der Waals surface area contributed by atoms with Crippen LogP contribution < -0.4 is 10.1 Å². The maximum absolute atomic E-state index is 11.9. The lowest BCUT2D eigenvalue weighted by atomic mass is 10.2. The Morgan fingerprint density at radius 1 is 1.17 bits per heavy atom. The van der Waals surface area contributed by atoms with Gasteiger partial charge >= 0.3 is 0 Å². The van der Waals surface area contributed by atoms with Crippen LogP contribution in [0.1, 0.15) is 18.4 Å². The number of carbonyl (C=O) groups excluding carboxylic acids is 1. The second kappa shape index (κ2) is 8.31. The minimum Gasteiger partial charge on any atom is -0.491 e. The van der Waals surface area contributed by atoms with Gasteiger partial charge in [-0.15, -0.1) is 0 Å². The largest absolute Gasteiger partial charge is 0.491 e. The topological polar surface area (TPSA) is 47.6 Å². The number of hydrogen-bond donors (Lipinski definition) is 1. The maximum Gasteiger partial charge on any atom is 0.248 e. The average Bonchev–Trinajstić information content (AvgIpc) is 3.14. The fourth-order valence-electron chi connectivity index (χ4n) is 2.52. The normalized spacial score (nSPS) is 17.1. The predicted octanol–water partition coefficient (Wildman–Crippen LogP) is 3.90. The Kier molecular flexibility index (Phi) is 5.64. The summed E-state index contributed by atoms with van der Waals surface area (Å²) in [5.74, 6) is 0.621. The monoisotopic (exact) mass is 323 g/mol. The van der Waals surface area contributed by atoms with Crippen molar-refractivity contribution in [3.05, 3.63) is 66.2 Å². The zero-order valence-corrected chi connectivity index (χ0v) is 13.5. The van der Waals surface area contributed by atoms with Crippen molar-refractivity contribution in [2.75, 3.05) is 18.5 Å². The van der Waals surface area contributed by atoms with E-state index in [1.54, 1.807) is 6.08 Å². The van der Waals surface area contributed by atoms with Gasteiger partial charge in [0.05, 0.1) is 6.10 Å². The molecular weight excluding hydrogens is 302 g/mol. The van der Waals surface area contributed by atoms with Gasteiger partial charge in [-0.2, -0.15) is 0 Å².